The highest BCUT2D eigenvalue weighted by molar-refractivity contribution is 5.77. The molecule has 1 unspecified atom stereocenters. The number of ether oxygens (including phenoxy) is 1. The topological polar surface area (TPSA) is 53.0 Å². The number of aliphatic hydroxyl groups is 1. The van der Waals surface area contributed by atoms with Crippen LogP contribution < -0.4 is 4.74 Å². The lowest BCUT2D eigenvalue weighted by Crippen LogP contribution is -2.30. The summed E-state index contributed by atoms with van der Waals surface area (Å²) in [6, 6.07) is 7.89. The van der Waals surface area contributed by atoms with Gasteiger partial charge < -0.3 is 14.7 Å². The van der Waals surface area contributed by atoms with Crippen LogP contribution in [0.25, 0.3) is 0 Å². The number of likely N-dealkylation sites (N-methyl/N-ethyl adjacent to an activating group) is 1. The van der Waals surface area contributed by atoms with Crippen LogP contribution in [0, 0.1) is 5.92 Å². The molecule has 1 N–H and O–H groups in total. The van der Waals surface area contributed by atoms with Crippen LogP contribution in [0.4, 0.5) is 0 Å². The van der Waals surface area contributed by atoms with Crippen LogP contribution in [0.1, 0.15) is 24.8 Å². The third kappa shape index (κ3) is 5.52. The van der Waals surface area contributed by atoms with E-state index in [4.69, 9.17) is 4.74 Å². The van der Waals surface area contributed by atoms with E-state index in [9.17, 15) is 9.90 Å². The summed E-state index contributed by atoms with van der Waals surface area (Å²) in [5.41, 5.74) is 1.10. The SMILES string of the molecule is CN(C)C(=O)COc1ccccc1CN1CCCCC(CO)C1. The molecule has 5 nitrogen and oxygen atoms in total. The van der Waals surface area contributed by atoms with Crippen molar-refractivity contribution in [1.29, 1.82) is 0 Å². The zero-order valence-corrected chi connectivity index (χ0v) is 14.2. The Balaban J connectivity index is 2.00. The predicted molar refractivity (Wildman–Crippen MR) is 90.3 cm³/mol. The first-order valence-corrected chi connectivity index (χ1v) is 8.34. The van der Waals surface area contributed by atoms with Crippen molar-refractivity contribution >= 4 is 5.91 Å². The van der Waals surface area contributed by atoms with Gasteiger partial charge in [0.05, 0.1) is 0 Å². The van der Waals surface area contributed by atoms with Gasteiger partial charge in [-0.2, -0.15) is 0 Å². The van der Waals surface area contributed by atoms with Crippen LogP contribution in [0.3, 0.4) is 0 Å². The number of carbonyl (C=O) groups excluding carboxylic acids is 1. The highest BCUT2D eigenvalue weighted by atomic mass is 16.5. The quantitative estimate of drug-likeness (QED) is 0.867. The van der Waals surface area contributed by atoms with E-state index in [1.807, 2.05) is 24.3 Å². The van der Waals surface area contributed by atoms with E-state index in [0.717, 1.165) is 37.4 Å². The monoisotopic (exact) mass is 320 g/mol. The van der Waals surface area contributed by atoms with Gasteiger partial charge in [0, 0.05) is 39.4 Å². The summed E-state index contributed by atoms with van der Waals surface area (Å²) in [6.07, 6.45) is 3.44. The molecular weight excluding hydrogens is 292 g/mol. The van der Waals surface area contributed by atoms with Crippen LogP contribution in [-0.4, -0.2) is 61.2 Å². The van der Waals surface area contributed by atoms with Crippen molar-refractivity contribution in [2.24, 2.45) is 5.92 Å². The van der Waals surface area contributed by atoms with Crippen molar-refractivity contribution in [3.8, 4) is 5.75 Å². The summed E-state index contributed by atoms with van der Waals surface area (Å²) in [7, 11) is 3.45. The first-order chi connectivity index (χ1) is 11.1. The second kappa shape index (κ2) is 8.89. The summed E-state index contributed by atoms with van der Waals surface area (Å²) < 4.78 is 5.72. The summed E-state index contributed by atoms with van der Waals surface area (Å²) in [5, 5.41) is 9.46. The summed E-state index contributed by atoms with van der Waals surface area (Å²) in [4.78, 5) is 15.6. The van der Waals surface area contributed by atoms with Crippen molar-refractivity contribution in [3.63, 3.8) is 0 Å². The Morgan fingerprint density at radius 1 is 1.35 bits per heavy atom. The minimum absolute atomic E-state index is 0.0464. The van der Waals surface area contributed by atoms with Gasteiger partial charge in [0.25, 0.3) is 5.91 Å². The smallest absolute Gasteiger partial charge is 0.259 e. The molecule has 0 radical (unpaired) electrons. The van der Waals surface area contributed by atoms with E-state index in [2.05, 4.69) is 4.90 Å². The van der Waals surface area contributed by atoms with E-state index in [1.165, 1.54) is 17.7 Å². The molecule has 0 saturated carbocycles. The normalized spacial score (nSPS) is 19.2. The average molecular weight is 320 g/mol. The molecule has 1 aliphatic heterocycles. The third-order valence-corrected chi connectivity index (χ3v) is 4.33. The van der Waals surface area contributed by atoms with Crippen molar-refractivity contribution in [2.45, 2.75) is 25.8 Å². The number of benzene rings is 1. The van der Waals surface area contributed by atoms with Crippen LogP contribution in [0.2, 0.25) is 0 Å². The van der Waals surface area contributed by atoms with Gasteiger partial charge in [-0.25, -0.2) is 0 Å². The van der Waals surface area contributed by atoms with Gasteiger partial charge in [-0.05, 0) is 31.4 Å². The fraction of sp³-hybridized carbons (Fsp3) is 0.611. The van der Waals surface area contributed by atoms with Crippen molar-refractivity contribution < 1.29 is 14.6 Å². The molecular formula is C18H28N2O3. The molecule has 0 aliphatic carbocycles. The van der Waals surface area contributed by atoms with E-state index in [1.54, 1.807) is 14.1 Å². The van der Waals surface area contributed by atoms with Gasteiger partial charge in [-0.3, -0.25) is 9.69 Å². The molecule has 1 saturated heterocycles. The number of para-hydroxylation sites is 1. The second-order valence-corrected chi connectivity index (χ2v) is 6.46. The molecule has 2 rings (SSSR count). The molecule has 5 heteroatoms. The van der Waals surface area contributed by atoms with Crippen molar-refractivity contribution in [1.82, 2.24) is 9.80 Å². The number of carbonyl (C=O) groups is 1. The second-order valence-electron chi connectivity index (χ2n) is 6.46. The van der Waals surface area contributed by atoms with E-state index in [0.29, 0.717) is 5.92 Å². The average Bonchev–Trinajstić information content (AvgIpc) is 2.78. The van der Waals surface area contributed by atoms with Crippen LogP contribution in [0.15, 0.2) is 24.3 Å². The number of nitrogens with zero attached hydrogens (tertiary/aromatic N) is 2. The Morgan fingerprint density at radius 2 is 2.13 bits per heavy atom. The fourth-order valence-electron chi connectivity index (χ4n) is 2.89. The lowest BCUT2D eigenvalue weighted by atomic mass is 10.0. The van der Waals surface area contributed by atoms with Crippen molar-refractivity contribution in [3.05, 3.63) is 29.8 Å². The maximum atomic E-state index is 11.7. The van der Waals surface area contributed by atoms with E-state index >= 15 is 0 Å². The fourth-order valence-corrected chi connectivity index (χ4v) is 2.89. The third-order valence-electron chi connectivity index (χ3n) is 4.33. The lowest BCUT2D eigenvalue weighted by molar-refractivity contribution is -0.130. The number of amides is 1. The number of aliphatic hydroxyl groups excluding tert-OH is 1. The van der Waals surface area contributed by atoms with Gasteiger partial charge in [0.15, 0.2) is 6.61 Å². The minimum atomic E-state index is -0.0464. The summed E-state index contributed by atoms with van der Waals surface area (Å²) >= 11 is 0. The highest BCUT2D eigenvalue weighted by Crippen LogP contribution is 2.23. The maximum absolute atomic E-state index is 11.7. The summed E-state index contributed by atoms with van der Waals surface area (Å²) in [5.74, 6) is 1.09. The van der Waals surface area contributed by atoms with Gasteiger partial charge >= 0.3 is 0 Å². The zero-order chi connectivity index (χ0) is 16.7. The Labute approximate surface area is 138 Å². The Kier molecular flexibility index (Phi) is 6.86. The molecule has 1 atom stereocenters. The molecule has 1 heterocycles. The number of hydrogen-bond donors (Lipinski definition) is 1. The first-order valence-electron chi connectivity index (χ1n) is 8.34. The molecule has 1 amide bonds. The van der Waals surface area contributed by atoms with Gasteiger partial charge in [0.2, 0.25) is 0 Å². The zero-order valence-electron chi connectivity index (χ0n) is 14.2. The van der Waals surface area contributed by atoms with Crippen LogP contribution >= 0.6 is 0 Å². The van der Waals surface area contributed by atoms with E-state index in [-0.39, 0.29) is 19.1 Å². The highest BCUT2D eigenvalue weighted by Gasteiger charge is 2.19. The maximum Gasteiger partial charge on any atom is 0.259 e. The molecule has 1 fully saturated rings. The Hall–Kier alpha value is -1.59. The predicted octanol–water partition coefficient (Wildman–Crippen LogP) is 1.75. The van der Waals surface area contributed by atoms with Crippen LogP contribution in [0.5, 0.6) is 5.75 Å². The minimum Gasteiger partial charge on any atom is -0.483 e. The Morgan fingerprint density at radius 3 is 2.87 bits per heavy atom. The van der Waals surface area contributed by atoms with Crippen molar-refractivity contribution in [2.75, 3.05) is 40.4 Å². The van der Waals surface area contributed by atoms with E-state index < -0.39 is 0 Å². The standard InChI is InChI=1S/C18H28N2O3/c1-19(2)18(22)14-23-17-9-4-3-8-16(17)12-20-10-6-5-7-15(11-20)13-21/h3-4,8-9,15,21H,5-7,10-14H2,1-2H3. The Bertz CT molecular complexity index is 505. The summed E-state index contributed by atoms with van der Waals surface area (Å²) in [6.45, 7) is 3.07. The molecule has 0 bridgehead atoms. The number of rotatable bonds is 6. The largest absolute Gasteiger partial charge is 0.483 e. The molecule has 0 spiro atoms. The molecule has 1 aliphatic rings. The van der Waals surface area contributed by atoms with Gasteiger partial charge in [0.1, 0.15) is 5.75 Å². The van der Waals surface area contributed by atoms with Gasteiger partial charge in [-0.15, -0.1) is 0 Å². The first kappa shape index (κ1) is 17.8. The molecule has 1 aromatic carbocycles. The number of hydrogen-bond acceptors (Lipinski definition) is 4. The molecule has 23 heavy (non-hydrogen) atoms. The number of likely N-dealkylation sites (tertiary alicyclic amines) is 1. The molecule has 1 aromatic rings. The molecule has 0 aromatic heterocycles. The lowest BCUT2D eigenvalue weighted by Gasteiger charge is -2.24. The molecule has 128 valence electrons. The van der Waals surface area contributed by atoms with Gasteiger partial charge in [-0.1, -0.05) is 24.6 Å². The van der Waals surface area contributed by atoms with Crippen LogP contribution in [-0.2, 0) is 11.3 Å².